The minimum atomic E-state index is -0.238. The maximum absolute atomic E-state index is 12.7. The average molecular weight is 390 g/mol. The zero-order chi connectivity index (χ0) is 20.4. The molecule has 0 radical (unpaired) electrons. The van der Waals surface area contributed by atoms with Gasteiger partial charge in [-0.25, -0.2) is 0 Å². The summed E-state index contributed by atoms with van der Waals surface area (Å²) in [4.78, 5) is 31.2. The first-order chi connectivity index (χ1) is 14.1. The van der Waals surface area contributed by atoms with Gasteiger partial charge in [0, 0.05) is 29.6 Å². The van der Waals surface area contributed by atoms with Crippen LogP contribution in [0.15, 0.2) is 53.5 Å². The highest BCUT2D eigenvalue weighted by atomic mass is 16.3. The zero-order valence-corrected chi connectivity index (χ0v) is 16.7. The van der Waals surface area contributed by atoms with Crippen LogP contribution in [0, 0.1) is 5.92 Å². The summed E-state index contributed by atoms with van der Waals surface area (Å²) in [5, 5.41) is 9.58. The van der Waals surface area contributed by atoms with Crippen molar-refractivity contribution in [3.05, 3.63) is 65.2 Å². The van der Waals surface area contributed by atoms with E-state index in [4.69, 9.17) is 0 Å². The highest BCUT2D eigenvalue weighted by Gasteiger charge is 2.35. The summed E-state index contributed by atoms with van der Waals surface area (Å²) in [6.45, 7) is 1.66. The number of ketones is 1. The Morgan fingerprint density at radius 3 is 2.45 bits per heavy atom. The standard InChI is InChI=1S/C24H26N2O3/c1-16(28)18-9-11-21(12-10-18)26-22-13-17(15-27)7-8-20(22)14-23(26)25-24(29)19-5-3-2-4-6-19/h2-8,13,18,21,27H,9-12,14-15H2,1H3. The lowest BCUT2D eigenvalue weighted by atomic mass is 9.83. The average Bonchev–Trinajstić information content (AvgIpc) is 3.11. The van der Waals surface area contributed by atoms with Crippen molar-refractivity contribution in [2.24, 2.45) is 10.9 Å². The zero-order valence-electron chi connectivity index (χ0n) is 16.7. The summed E-state index contributed by atoms with van der Waals surface area (Å²) in [6, 6.07) is 15.3. The van der Waals surface area contributed by atoms with E-state index < -0.39 is 0 Å². The van der Waals surface area contributed by atoms with Gasteiger partial charge in [0.25, 0.3) is 5.91 Å². The smallest absolute Gasteiger partial charge is 0.278 e. The second-order valence-electron chi connectivity index (χ2n) is 7.98. The van der Waals surface area contributed by atoms with E-state index in [1.807, 2.05) is 36.4 Å². The van der Waals surface area contributed by atoms with Crippen molar-refractivity contribution in [3.8, 4) is 0 Å². The van der Waals surface area contributed by atoms with Gasteiger partial charge in [0.2, 0.25) is 0 Å². The number of amidine groups is 1. The van der Waals surface area contributed by atoms with Gasteiger partial charge in [0.15, 0.2) is 0 Å². The van der Waals surface area contributed by atoms with Crippen molar-refractivity contribution in [1.29, 1.82) is 0 Å². The number of amides is 1. The SMILES string of the molecule is CC(=O)C1CCC(N2C(=NC(=O)c3ccccc3)Cc3ccc(CO)cc32)CC1. The number of carbonyl (C=O) groups excluding carboxylic acids is 2. The molecule has 2 aromatic carbocycles. The summed E-state index contributed by atoms with van der Waals surface area (Å²) < 4.78 is 0. The van der Waals surface area contributed by atoms with Crippen molar-refractivity contribution in [2.45, 2.75) is 51.7 Å². The number of carbonyl (C=O) groups is 2. The number of Topliss-reactive ketones (excluding diaryl/α,β-unsaturated/α-hetero) is 1. The normalized spacial score (nSPS) is 22.6. The molecule has 0 atom stereocenters. The second-order valence-corrected chi connectivity index (χ2v) is 7.98. The molecule has 1 saturated carbocycles. The van der Waals surface area contributed by atoms with Crippen molar-refractivity contribution in [3.63, 3.8) is 0 Å². The Labute approximate surface area is 171 Å². The van der Waals surface area contributed by atoms with Gasteiger partial charge < -0.3 is 10.0 Å². The number of hydrogen-bond acceptors (Lipinski definition) is 3. The third-order valence-corrected chi connectivity index (χ3v) is 6.11. The summed E-state index contributed by atoms with van der Waals surface area (Å²) in [5.41, 5.74) is 3.58. The molecule has 5 nitrogen and oxygen atoms in total. The van der Waals surface area contributed by atoms with Gasteiger partial charge >= 0.3 is 0 Å². The number of aliphatic hydroxyl groups is 1. The summed E-state index contributed by atoms with van der Waals surface area (Å²) in [5.74, 6) is 0.929. The van der Waals surface area contributed by atoms with Crippen LogP contribution < -0.4 is 4.90 Å². The number of rotatable bonds is 4. The number of anilines is 1. The lowest BCUT2D eigenvalue weighted by Crippen LogP contribution is -2.41. The lowest BCUT2D eigenvalue weighted by molar-refractivity contribution is -0.121. The summed E-state index contributed by atoms with van der Waals surface area (Å²) >= 11 is 0. The first kappa shape index (κ1) is 19.5. The molecule has 29 heavy (non-hydrogen) atoms. The van der Waals surface area contributed by atoms with Crippen molar-refractivity contribution >= 4 is 23.2 Å². The molecule has 0 aromatic heterocycles. The molecule has 5 heteroatoms. The molecule has 2 aliphatic rings. The van der Waals surface area contributed by atoms with Crippen LogP contribution in [-0.4, -0.2) is 28.7 Å². The molecule has 0 bridgehead atoms. The number of fused-ring (bicyclic) bond motifs is 1. The number of nitrogens with zero attached hydrogens (tertiary/aromatic N) is 2. The third-order valence-electron chi connectivity index (χ3n) is 6.11. The topological polar surface area (TPSA) is 70.0 Å². The van der Waals surface area contributed by atoms with E-state index in [0.717, 1.165) is 48.3 Å². The van der Waals surface area contributed by atoms with Gasteiger partial charge in [-0.15, -0.1) is 0 Å². The van der Waals surface area contributed by atoms with Crippen LogP contribution in [0.3, 0.4) is 0 Å². The fraction of sp³-hybridized carbons (Fsp3) is 0.375. The molecule has 4 rings (SSSR count). The monoisotopic (exact) mass is 390 g/mol. The number of hydrogen-bond donors (Lipinski definition) is 1. The molecular formula is C24H26N2O3. The Balaban J connectivity index is 1.66. The Bertz CT molecular complexity index is 944. The molecule has 2 aromatic rings. The lowest BCUT2D eigenvalue weighted by Gasteiger charge is -2.35. The van der Waals surface area contributed by atoms with Crippen molar-refractivity contribution in [2.75, 3.05) is 4.90 Å². The van der Waals surface area contributed by atoms with Crippen LogP contribution in [0.2, 0.25) is 0 Å². The van der Waals surface area contributed by atoms with Crippen LogP contribution in [0.1, 0.15) is 54.1 Å². The molecule has 1 heterocycles. The third kappa shape index (κ3) is 4.01. The van der Waals surface area contributed by atoms with Crippen molar-refractivity contribution in [1.82, 2.24) is 0 Å². The first-order valence-electron chi connectivity index (χ1n) is 10.3. The second kappa shape index (κ2) is 8.29. The van der Waals surface area contributed by atoms with E-state index in [0.29, 0.717) is 12.0 Å². The van der Waals surface area contributed by atoms with Gasteiger partial charge in [-0.3, -0.25) is 9.59 Å². The van der Waals surface area contributed by atoms with E-state index >= 15 is 0 Å². The maximum atomic E-state index is 12.7. The maximum Gasteiger partial charge on any atom is 0.278 e. The summed E-state index contributed by atoms with van der Waals surface area (Å²) in [7, 11) is 0. The predicted molar refractivity (Wildman–Crippen MR) is 113 cm³/mol. The van der Waals surface area contributed by atoms with Gasteiger partial charge in [-0.1, -0.05) is 30.3 Å². The van der Waals surface area contributed by atoms with Gasteiger partial charge in [-0.2, -0.15) is 4.99 Å². The van der Waals surface area contributed by atoms with Crippen LogP contribution in [0.5, 0.6) is 0 Å². The van der Waals surface area contributed by atoms with E-state index in [2.05, 4.69) is 9.89 Å². The Morgan fingerprint density at radius 2 is 1.79 bits per heavy atom. The minimum Gasteiger partial charge on any atom is -0.392 e. The molecule has 1 amide bonds. The van der Waals surface area contributed by atoms with E-state index in [-0.39, 0.29) is 30.3 Å². The van der Waals surface area contributed by atoms with Crippen LogP contribution in [0.25, 0.3) is 0 Å². The van der Waals surface area contributed by atoms with E-state index in [1.165, 1.54) is 0 Å². The molecule has 0 unspecified atom stereocenters. The number of aliphatic imine (C=N–C) groups is 1. The molecule has 1 aliphatic heterocycles. The molecular weight excluding hydrogens is 364 g/mol. The highest BCUT2D eigenvalue weighted by molar-refractivity contribution is 6.12. The molecule has 1 fully saturated rings. The van der Waals surface area contributed by atoms with Gasteiger partial charge in [-0.05, 0) is 61.9 Å². The fourth-order valence-electron chi connectivity index (χ4n) is 4.48. The van der Waals surface area contributed by atoms with Crippen LogP contribution in [-0.2, 0) is 17.8 Å². The largest absolute Gasteiger partial charge is 0.392 e. The number of benzene rings is 2. The Kier molecular flexibility index (Phi) is 5.58. The minimum absolute atomic E-state index is 0.0202. The molecule has 1 aliphatic carbocycles. The summed E-state index contributed by atoms with van der Waals surface area (Å²) in [6.07, 6.45) is 4.13. The quantitative estimate of drug-likeness (QED) is 0.859. The van der Waals surface area contributed by atoms with Gasteiger partial charge in [0.05, 0.1) is 6.61 Å². The number of aliphatic hydroxyl groups excluding tert-OH is 1. The Hall–Kier alpha value is -2.79. The predicted octanol–water partition coefficient (Wildman–Crippen LogP) is 3.93. The molecule has 0 spiro atoms. The molecule has 150 valence electrons. The molecule has 1 N–H and O–H groups in total. The van der Waals surface area contributed by atoms with E-state index in [1.54, 1.807) is 19.1 Å². The fourth-order valence-corrected chi connectivity index (χ4v) is 4.48. The van der Waals surface area contributed by atoms with Crippen LogP contribution in [0.4, 0.5) is 5.69 Å². The first-order valence-corrected chi connectivity index (χ1v) is 10.3. The van der Waals surface area contributed by atoms with Gasteiger partial charge in [0.1, 0.15) is 11.6 Å². The Morgan fingerprint density at radius 1 is 1.07 bits per heavy atom. The van der Waals surface area contributed by atoms with Crippen molar-refractivity contribution < 1.29 is 14.7 Å². The van der Waals surface area contributed by atoms with E-state index in [9.17, 15) is 14.7 Å². The highest BCUT2D eigenvalue weighted by Crippen LogP contribution is 2.38. The van der Waals surface area contributed by atoms with Crippen LogP contribution >= 0.6 is 0 Å². The molecule has 0 saturated heterocycles.